The van der Waals surface area contributed by atoms with Gasteiger partial charge in [0.25, 0.3) is 0 Å². The number of benzene rings is 2. The molecule has 38 heavy (non-hydrogen) atoms. The molecule has 206 valence electrons. The van der Waals surface area contributed by atoms with E-state index in [-0.39, 0.29) is 45.8 Å². The molecule has 0 aliphatic carbocycles. The summed E-state index contributed by atoms with van der Waals surface area (Å²) in [7, 11) is 2.67. The molecular weight excluding hydrogens is 508 g/mol. The van der Waals surface area contributed by atoms with Gasteiger partial charge in [0.1, 0.15) is 54.0 Å². The Hall–Kier alpha value is -3.91. The van der Waals surface area contributed by atoms with Crippen molar-refractivity contribution in [2.24, 2.45) is 0 Å². The summed E-state index contributed by atoms with van der Waals surface area (Å²) in [6, 6.07) is 5.23. The summed E-state index contributed by atoms with van der Waals surface area (Å²) >= 11 is 0. The van der Waals surface area contributed by atoms with E-state index in [1.165, 1.54) is 38.5 Å². The second-order valence-electron chi connectivity index (χ2n) is 8.63. The van der Waals surface area contributed by atoms with Gasteiger partial charge in [0.05, 0.1) is 19.8 Å². The van der Waals surface area contributed by atoms with Crippen LogP contribution in [0.15, 0.2) is 30.0 Å². The zero-order chi connectivity index (χ0) is 27.7. The highest BCUT2D eigenvalue weighted by Crippen LogP contribution is 2.47. The van der Waals surface area contributed by atoms with Gasteiger partial charge in [-0.2, -0.15) is 0 Å². The molecule has 2 aliphatic heterocycles. The molecule has 1 fully saturated rings. The van der Waals surface area contributed by atoms with Crippen molar-refractivity contribution in [2.45, 2.75) is 43.7 Å². The van der Waals surface area contributed by atoms with Crippen LogP contribution in [0.4, 0.5) is 0 Å². The van der Waals surface area contributed by atoms with E-state index in [4.69, 9.17) is 28.4 Å². The molecule has 2 aromatic carbocycles. The molecule has 0 spiro atoms. The van der Waals surface area contributed by atoms with Gasteiger partial charge in [-0.3, -0.25) is 4.79 Å². The Morgan fingerprint density at radius 2 is 1.61 bits per heavy atom. The minimum absolute atomic E-state index is 0.0350. The Morgan fingerprint density at radius 1 is 0.947 bits per heavy atom. The molecule has 2 heterocycles. The standard InChI is InChI=1S/C25H28O13/c1-10(26)35-9-19-21(30)22(31)23(32)25(38-19)37-18-8-13-14(28)6-12(27)7-15(13)36-24(18)11-4-16(33-2)20(29)17(5-11)34-3/h4-8,19,21-25,27-32H,9H2,1-3H3. The average molecular weight is 536 g/mol. The van der Waals surface area contributed by atoms with E-state index >= 15 is 0 Å². The van der Waals surface area contributed by atoms with E-state index in [1.807, 2.05) is 0 Å². The highest BCUT2D eigenvalue weighted by molar-refractivity contribution is 5.70. The number of aromatic hydroxyl groups is 3. The summed E-state index contributed by atoms with van der Waals surface area (Å²) in [5, 5.41) is 61.9. The maximum Gasteiger partial charge on any atom is 0.302 e. The lowest BCUT2D eigenvalue weighted by Crippen LogP contribution is -2.59. The highest BCUT2D eigenvalue weighted by atomic mass is 16.7. The Bertz CT molecular complexity index is 1200. The highest BCUT2D eigenvalue weighted by Gasteiger charge is 2.46. The second kappa shape index (κ2) is 10.8. The predicted octanol–water partition coefficient (Wildman–Crippen LogP) is 0.682. The van der Waals surface area contributed by atoms with E-state index in [0.29, 0.717) is 5.56 Å². The summed E-state index contributed by atoms with van der Waals surface area (Å²) in [6.45, 7) is 0.736. The molecule has 2 aromatic rings. The lowest BCUT2D eigenvalue weighted by Gasteiger charge is -2.41. The Labute approximate surface area is 216 Å². The Kier molecular flexibility index (Phi) is 7.73. The van der Waals surface area contributed by atoms with Gasteiger partial charge >= 0.3 is 5.97 Å². The maximum absolute atomic E-state index is 11.2. The number of aliphatic hydroxyl groups is 3. The molecule has 0 saturated carbocycles. The Morgan fingerprint density at radius 3 is 2.21 bits per heavy atom. The largest absolute Gasteiger partial charge is 0.508 e. The third kappa shape index (κ3) is 5.22. The lowest BCUT2D eigenvalue weighted by molar-refractivity contribution is -0.294. The number of methoxy groups -OCH3 is 2. The predicted molar refractivity (Wildman–Crippen MR) is 127 cm³/mol. The second-order valence-corrected chi connectivity index (χ2v) is 8.63. The first-order valence-electron chi connectivity index (χ1n) is 11.4. The van der Waals surface area contributed by atoms with Gasteiger partial charge in [0, 0.05) is 24.6 Å². The molecule has 13 nitrogen and oxygen atoms in total. The SMILES string of the molecule is COc1cc(C2Oc3cc(O)cc(O)c3C=C2OC2OC(COC(C)=O)C(O)C(O)C2O)cc(OC)c1O. The number of hydrogen-bond donors (Lipinski definition) is 6. The fourth-order valence-corrected chi connectivity index (χ4v) is 4.12. The van der Waals surface area contributed by atoms with Gasteiger partial charge in [-0.05, 0) is 18.2 Å². The minimum atomic E-state index is -1.74. The van der Waals surface area contributed by atoms with E-state index < -0.39 is 49.4 Å². The number of hydrogen-bond acceptors (Lipinski definition) is 13. The number of rotatable bonds is 7. The van der Waals surface area contributed by atoms with E-state index in [9.17, 15) is 35.4 Å². The van der Waals surface area contributed by atoms with Crippen molar-refractivity contribution in [2.75, 3.05) is 20.8 Å². The molecule has 4 rings (SSSR count). The molecule has 6 N–H and O–H groups in total. The van der Waals surface area contributed by atoms with Gasteiger partial charge in [-0.1, -0.05) is 0 Å². The number of esters is 1. The van der Waals surface area contributed by atoms with Crippen molar-refractivity contribution < 1.29 is 63.9 Å². The molecule has 0 bridgehead atoms. The van der Waals surface area contributed by atoms with Crippen LogP contribution < -0.4 is 14.2 Å². The Balaban J connectivity index is 1.75. The van der Waals surface area contributed by atoms with Crippen LogP contribution in [0.25, 0.3) is 6.08 Å². The fraction of sp³-hybridized carbons (Fsp3) is 0.400. The minimum Gasteiger partial charge on any atom is -0.508 e. The summed E-state index contributed by atoms with van der Waals surface area (Å²) in [5.74, 6) is -1.39. The van der Waals surface area contributed by atoms with Gasteiger partial charge in [-0.15, -0.1) is 0 Å². The lowest BCUT2D eigenvalue weighted by atomic mass is 9.98. The monoisotopic (exact) mass is 536 g/mol. The van der Waals surface area contributed by atoms with Crippen molar-refractivity contribution in [3.8, 4) is 34.5 Å². The van der Waals surface area contributed by atoms with Crippen molar-refractivity contribution in [1.82, 2.24) is 0 Å². The number of phenols is 3. The summed E-state index contributed by atoms with van der Waals surface area (Å²) in [5.41, 5.74) is 0.465. The molecule has 0 amide bonds. The molecule has 2 aliphatic rings. The van der Waals surface area contributed by atoms with Crippen molar-refractivity contribution in [3.63, 3.8) is 0 Å². The smallest absolute Gasteiger partial charge is 0.302 e. The van der Waals surface area contributed by atoms with Gasteiger partial charge < -0.3 is 59.1 Å². The summed E-state index contributed by atoms with van der Waals surface area (Å²) < 4.78 is 32.9. The van der Waals surface area contributed by atoms with Crippen LogP contribution in [0.3, 0.4) is 0 Å². The fourth-order valence-electron chi connectivity index (χ4n) is 4.12. The molecule has 13 heteroatoms. The number of phenolic OH excluding ortho intramolecular Hbond substituents is 3. The van der Waals surface area contributed by atoms with Crippen molar-refractivity contribution >= 4 is 12.0 Å². The van der Waals surface area contributed by atoms with Gasteiger partial charge in [0.2, 0.25) is 12.0 Å². The van der Waals surface area contributed by atoms with Crippen LogP contribution in [0, 0.1) is 0 Å². The van der Waals surface area contributed by atoms with Crippen LogP contribution in [0.1, 0.15) is 24.2 Å². The third-order valence-electron chi connectivity index (χ3n) is 6.07. The molecule has 6 unspecified atom stereocenters. The first-order valence-corrected chi connectivity index (χ1v) is 11.4. The third-order valence-corrected chi connectivity index (χ3v) is 6.07. The number of carbonyl (C=O) groups excluding carboxylic acids is 1. The summed E-state index contributed by atoms with van der Waals surface area (Å²) in [6.07, 6.45) is -7.61. The number of fused-ring (bicyclic) bond motifs is 1. The van der Waals surface area contributed by atoms with Crippen molar-refractivity contribution in [1.29, 1.82) is 0 Å². The van der Waals surface area contributed by atoms with E-state index in [2.05, 4.69) is 0 Å². The van der Waals surface area contributed by atoms with Gasteiger partial charge in [-0.25, -0.2) is 0 Å². The van der Waals surface area contributed by atoms with Crippen LogP contribution >= 0.6 is 0 Å². The van der Waals surface area contributed by atoms with Crippen LogP contribution in [-0.2, 0) is 19.0 Å². The quantitative estimate of drug-likeness (QED) is 0.271. The van der Waals surface area contributed by atoms with Gasteiger partial charge in [0.15, 0.2) is 17.6 Å². The normalized spacial score (nSPS) is 26.4. The number of carbonyl (C=O) groups is 1. The first kappa shape index (κ1) is 27.1. The first-order chi connectivity index (χ1) is 18.0. The average Bonchev–Trinajstić information content (AvgIpc) is 2.88. The molecular formula is C25H28O13. The van der Waals surface area contributed by atoms with Crippen LogP contribution in [0.2, 0.25) is 0 Å². The number of ether oxygens (including phenoxy) is 6. The zero-order valence-electron chi connectivity index (χ0n) is 20.6. The maximum atomic E-state index is 11.2. The van der Waals surface area contributed by atoms with Crippen LogP contribution in [0.5, 0.6) is 34.5 Å². The molecule has 6 atom stereocenters. The topological polar surface area (TPSA) is 194 Å². The van der Waals surface area contributed by atoms with E-state index in [1.54, 1.807) is 0 Å². The number of aliphatic hydroxyl groups excluding tert-OH is 3. The van der Waals surface area contributed by atoms with Crippen LogP contribution in [-0.4, -0.2) is 88.1 Å². The molecule has 0 radical (unpaired) electrons. The van der Waals surface area contributed by atoms with Crippen molar-refractivity contribution in [3.05, 3.63) is 41.2 Å². The van der Waals surface area contributed by atoms with E-state index in [0.717, 1.165) is 13.0 Å². The zero-order valence-corrected chi connectivity index (χ0v) is 20.6. The molecule has 1 saturated heterocycles. The molecule has 0 aromatic heterocycles. The summed E-state index contributed by atoms with van der Waals surface area (Å²) in [4.78, 5) is 11.2.